The molecular weight excluding hydrogens is 244 g/mol. The number of benzene rings is 1. The fraction of sp³-hybridized carbons (Fsp3) is 0.385. The van der Waals surface area contributed by atoms with Crippen LogP contribution in [0.1, 0.15) is 31.3 Å². The van der Waals surface area contributed by atoms with E-state index in [9.17, 15) is 10.2 Å². The molecule has 19 heavy (non-hydrogen) atoms. The Hall–Kier alpha value is -2.08. The van der Waals surface area contributed by atoms with Crippen LogP contribution in [0.4, 0.5) is 0 Å². The lowest BCUT2D eigenvalue weighted by Gasteiger charge is -2.15. The molecule has 1 aromatic heterocycles. The molecule has 6 nitrogen and oxygen atoms in total. The van der Waals surface area contributed by atoms with Gasteiger partial charge in [0.1, 0.15) is 23.7 Å². The number of hydrogen-bond acceptors (Lipinski definition) is 5. The zero-order valence-corrected chi connectivity index (χ0v) is 11.0. The van der Waals surface area contributed by atoms with Crippen LogP contribution in [0.15, 0.2) is 24.5 Å². The smallest absolute Gasteiger partial charge is 0.146 e. The van der Waals surface area contributed by atoms with Crippen LogP contribution in [0.25, 0.3) is 0 Å². The maximum absolute atomic E-state index is 9.79. The first-order chi connectivity index (χ1) is 9.11. The van der Waals surface area contributed by atoms with Crippen molar-refractivity contribution in [1.82, 2.24) is 20.1 Å². The minimum atomic E-state index is -0.0531. The second-order valence-electron chi connectivity index (χ2n) is 4.38. The fourth-order valence-corrected chi connectivity index (χ4v) is 1.93. The number of nitrogens with one attached hydrogen (secondary N) is 1. The number of nitrogens with zero attached hydrogens (tertiary/aromatic N) is 3. The molecule has 102 valence electrons. The van der Waals surface area contributed by atoms with Crippen molar-refractivity contribution in [3.8, 4) is 11.5 Å². The topological polar surface area (TPSA) is 83.2 Å². The maximum Gasteiger partial charge on any atom is 0.146 e. The molecule has 0 spiro atoms. The molecule has 2 aromatic rings. The summed E-state index contributed by atoms with van der Waals surface area (Å²) in [7, 11) is 0. The second kappa shape index (κ2) is 5.71. The summed E-state index contributed by atoms with van der Waals surface area (Å²) < 4.78 is 1.95. The summed E-state index contributed by atoms with van der Waals surface area (Å²) in [5, 5.41) is 30.2. The molecule has 3 N–H and O–H groups in total. The highest BCUT2D eigenvalue weighted by Gasteiger charge is 2.12. The zero-order valence-electron chi connectivity index (χ0n) is 11.0. The number of phenolic OH excluding ortho intramolecular Hbond substituents is 2. The molecule has 1 unspecified atom stereocenters. The van der Waals surface area contributed by atoms with Crippen molar-refractivity contribution in [1.29, 1.82) is 0 Å². The van der Waals surface area contributed by atoms with Gasteiger partial charge in [-0.2, -0.15) is 0 Å². The number of phenols is 2. The minimum absolute atomic E-state index is 0.0531. The Morgan fingerprint density at radius 1 is 1.37 bits per heavy atom. The molecule has 1 heterocycles. The molecule has 0 fully saturated rings. The quantitative estimate of drug-likeness (QED) is 0.761. The van der Waals surface area contributed by atoms with Crippen molar-refractivity contribution in [2.45, 2.75) is 33.0 Å². The molecule has 0 bridgehead atoms. The summed E-state index contributed by atoms with van der Waals surface area (Å²) in [6, 6.07) is 4.54. The Labute approximate surface area is 111 Å². The first-order valence-electron chi connectivity index (χ1n) is 6.23. The second-order valence-corrected chi connectivity index (χ2v) is 4.38. The van der Waals surface area contributed by atoms with Crippen molar-refractivity contribution >= 4 is 0 Å². The molecule has 0 aliphatic heterocycles. The Kier molecular flexibility index (Phi) is 4.01. The van der Waals surface area contributed by atoms with Crippen molar-refractivity contribution < 1.29 is 10.2 Å². The molecule has 0 saturated heterocycles. The van der Waals surface area contributed by atoms with Gasteiger partial charge in [0.05, 0.1) is 6.54 Å². The summed E-state index contributed by atoms with van der Waals surface area (Å²) in [4.78, 5) is 0. The SMILES string of the molecule is CCn1cnnc1CNC(C)c1ccc(O)cc1O. The van der Waals surface area contributed by atoms with Crippen LogP contribution in [-0.2, 0) is 13.1 Å². The molecule has 0 radical (unpaired) electrons. The van der Waals surface area contributed by atoms with Gasteiger partial charge in [-0.25, -0.2) is 0 Å². The highest BCUT2D eigenvalue weighted by molar-refractivity contribution is 5.40. The van der Waals surface area contributed by atoms with Crippen LogP contribution in [-0.4, -0.2) is 25.0 Å². The normalized spacial score (nSPS) is 12.5. The lowest BCUT2D eigenvalue weighted by atomic mass is 10.1. The Balaban J connectivity index is 2.03. The predicted octanol–water partition coefficient (Wildman–Crippen LogP) is 1.56. The van der Waals surface area contributed by atoms with Gasteiger partial charge < -0.3 is 20.1 Å². The first-order valence-corrected chi connectivity index (χ1v) is 6.23. The highest BCUT2D eigenvalue weighted by atomic mass is 16.3. The number of aromatic nitrogens is 3. The van der Waals surface area contributed by atoms with Crippen LogP contribution in [0.5, 0.6) is 11.5 Å². The van der Waals surface area contributed by atoms with E-state index in [0.717, 1.165) is 17.9 Å². The molecule has 1 aromatic carbocycles. The number of hydrogen-bond donors (Lipinski definition) is 3. The number of aryl methyl sites for hydroxylation is 1. The van der Waals surface area contributed by atoms with E-state index in [-0.39, 0.29) is 17.5 Å². The molecule has 1 atom stereocenters. The third kappa shape index (κ3) is 3.03. The van der Waals surface area contributed by atoms with E-state index < -0.39 is 0 Å². The van der Waals surface area contributed by atoms with Crippen LogP contribution in [0.3, 0.4) is 0 Å². The predicted molar refractivity (Wildman–Crippen MR) is 70.7 cm³/mol. The van der Waals surface area contributed by atoms with Crippen molar-refractivity contribution in [3.05, 3.63) is 35.9 Å². The van der Waals surface area contributed by atoms with Crippen LogP contribution in [0, 0.1) is 0 Å². The third-order valence-electron chi connectivity index (χ3n) is 3.08. The standard InChI is InChI=1S/C13H18N4O2/c1-3-17-8-15-16-13(17)7-14-9(2)11-5-4-10(18)6-12(11)19/h4-6,8-9,14,18-19H,3,7H2,1-2H3. The highest BCUT2D eigenvalue weighted by Crippen LogP contribution is 2.27. The molecule has 2 rings (SSSR count). The van der Waals surface area contributed by atoms with Crippen molar-refractivity contribution in [3.63, 3.8) is 0 Å². The summed E-state index contributed by atoms with van der Waals surface area (Å²) in [5.41, 5.74) is 0.736. The van der Waals surface area contributed by atoms with Gasteiger partial charge in [-0.05, 0) is 19.9 Å². The summed E-state index contributed by atoms with van der Waals surface area (Å²) >= 11 is 0. The summed E-state index contributed by atoms with van der Waals surface area (Å²) in [6.07, 6.45) is 1.69. The van der Waals surface area contributed by atoms with E-state index in [1.807, 2.05) is 18.4 Å². The average molecular weight is 262 g/mol. The molecule has 0 aliphatic rings. The summed E-state index contributed by atoms with van der Waals surface area (Å²) in [5.74, 6) is 0.990. The Morgan fingerprint density at radius 2 is 2.16 bits per heavy atom. The van der Waals surface area contributed by atoms with E-state index in [0.29, 0.717) is 6.54 Å². The number of aromatic hydroxyl groups is 2. The van der Waals surface area contributed by atoms with Gasteiger partial charge in [-0.1, -0.05) is 6.07 Å². The van der Waals surface area contributed by atoms with Gasteiger partial charge in [0.2, 0.25) is 0 Å². The van der Waals surface area contributed by atoms with Crippen LogP contribution in [0.2, 0.25) is 0 Å². The van der Waals surface area contributed by atoms with Gasteiger partial charge >= 0.3 is 0 Å². The minimum Gasteiger partial charge on any atom is -0.508 e. The van der Waals surface area contributed by atoms with Gasteiger partial charge in [0.15, 0.2) is 0 Å². The maximum atomic E-state index is 9.79. The van der Waals surface area contributed by atoms with E-state index in [1.165, 1.54) is 6.07 Å². The van der Waals surface area contributed by atoms with E-state index in [2.05, 4.69) is 15.5 Å². The lowest BCUT2D eigenvalue weighted by Crippen LogP contribution is -2.20. The van der Waals surface area contributed by atoms with E-state index >= 15 is 0 Å². The third-order valence-corrected chi connectivity index (χ3v) is 3.08. The van der Waals surface area contributed by atoms with Gasteiger partial charge in [0.25, 0.3) is 0 Å². The molecule has 6 heteroatoms. The summed E-state index contributed by atoms with van der Waals surface area (Å²) in [6.45, 7) is 5.36. The Bertz CT molecular complexity index is 553. The zero-order chi connectivity index (χ0) is 13.8. The largest absolute Gasteiger partial charge is 0.508 e. The van der Waals surface area contributed by atoms with Gasteiger partial charge in [-0.15, -0.1) is 10.2 Å². The monoisotopic (exact) mass is 262 g/mol. The first kappa shape index (κ1) is 13.4. The van der Waals surface area contributed by atoms with Crippen molar-refractivity contribution in [2.75, 3.05) is 0 Å². The van der Waals surface area contributed by atoms with E-state index in [1.54, 1.807) is 18.5 Å². The van der Waals surface area contributed by atoms with E-state index in [4.69, 9.17) is 0 Å². The fourth-order valence-electron chi connectivity index (χ4n) is 1.93. The van der Waals surface area contributed by atoms with Crippen molar-refractivity contribution in [2.24, 2.45) is 0 Å². The molecular formula is C13H18N4O2. The van der Waals surface area contributed by atoms with Gasteiger partial charge in [0, 0.05) is 24.2 Å². The lowest BCUT2D eigenvalue weighted by molar-refractivity contribution is 0.434. The van der Waals surface area contributed by atoms with Gasteiger partial charge in [-0.3, -0.25) is 0 Å². The number of rotatable bonds is 5. The average Bonchev–Trinajstić information content (AvgIpc) is 2.83. The van der Waals surface area contributed by atoms with Crippen LogP contribution < -0.4 is 5.32 Å². The Morgan fingerprint density at radius 3 is 2.84 bits per heavy atom. The molecule has 0 saturated carbocycles. The van der Waals surface area contributed by atoms with Crippen LogP contribution >= 0.6 is 0 Å². The molecule has 0 amide bonds. The molecule has 0 aliphatic carbocycles.